The molecule has 0 spiro atoms. The Hall–Kier alpha value is -1.01. The molecule has 1 heterocycles. The first-order valence-electron chi connectivity index (χ1n) is 17.7. The summed E-state index contributed by atoms with van der Waals surface area (Å²) >= 11 is 0. The number of hydrogen-bond donors (Lipinski definition) is 1. The molecule has 1 saturated heterocycles. The van der Waals surface area contributed by atoms with Gasteiger partial charge in [-0.25, -0.2) is 4.79 Å². The van der Waals surface area contributed by atoms with E-state index in [2.05, 4.69) is 32.7 Å². The molecule has 5 rings (SSSR count). The number of halogens is 5. The summed E-state index contributed by atoms with van der Waals surface area (Å²) in [5.41, 5.74) is -0.0958. The van der Waals surface area contributed by atoms with Crippen LogP contribution in [0, 0.1) is 40.9 Å². The van der Waals surface area contributed by atoms with E-state index in [1.54, 1.807) is 0 Å². The summed E-state index contributed by atoms with van der Waals surface area (Å²) in [7, 11) is 0.619. The Labute approximate surface area is 274 Å². The lowest BCUT2D eigenvalue weighted by molar-refractivity contribution is -0.284. The predicted octanol–water partition coefficient (Wildman–Crippen LogP) is 7.26. The first-order valence-corrected chi connectivity index (χ1v) is 19.2. The van der Waals surface area contributed by atoms with Crippen molar-refractivity contribution in [3.05, 3.63) is 0 Å². The molecule has 5 aliphatic rings. The second-order valence-electron chi connectivity index (χ2n) is 15.8. The van der Waals surface area contributed by atoms with Gasteiger partial charge in [-0.1, -0.05) is 6.92 Å². The van der Waals surface area contributed by atoms with Crippen molar-refractivity contribution in [2.75, 3.05) is 31.6 Å². The molecular formula is C34H55F5N2O4S. The number of nitrogens with zero attached hydrogens (tertiary/aromatic N) is 2. The number of fused-ring (bicyclic) bond motifs is 5. The highest BCUT2D eigenvalue weighted by Gasteiger charge is 2.59. The Bertz CT molecular complexity index is 1080. The van der Waals surface area contributed by atoms with E-state index in [0.29, 0.717) is 47.7 Å². The molecule has 0 radical (unpaired) electrons. The maximum atomic E-state index is 13.4. The van der Waals surface area contributed by atoms with Crippen LogP contribution in [-0.4, -0.2) is 93.2 Å². The van der Waals surface area contributed by atoms with Crippen LogP contribution in [0.25, 0.3) is 0 Å². The second-order valence-corrected chi connectivity index (χ2v) is 17.5. The topological polar surface area (TPSA) is 70.1 Å². The molecule has 5 fully saturated rings. The molecular weight excluding hydrogens is 627 g/mol. The minimum Gasteiger partial charge on any atom is -0.446 e. The first kappa shape index (κ1) is 36.3. The van der Waals surface area contributed by atoms with Crippen LogP contribution in [0.1, 0.15) is 97.8 Å². The fourth-order valence-electron chi connectivity index (χ4n) is 10.8. The molecule has 1 amide bonds. The number of carbonyl (C=O) groups is 1. The molecule has 0 aromatic carbocycles. The van der Waals surface area contributed by atoms with E-state index in [4.69, 9.17) is 4.74 Å². The lowest BCUT2D eigenvalue weighted by Crippen LogP contribution is -2.58. The van der Waals surface area contributed by atoms with Crippen LogP contribution in [0.4, 0.5) is 26.7 Å². The van der Waals surface area contributed by atoms with E-state index in [-0.39, 0.29) is 41.6 Å². The first-order chi connectivity index (χ1) is 21.5. The summed E-state index contributed by atoms with van der Waals surface area (Å²) in [6, 6.07) is 0.171. The van der Waals surface area contributed by atoms with Crippen molar-refractivity contribution >= 4 is 16.9 Å². The maximum absolute atomic E-state index is 13.4. The molecule has 6 unspecified atom stereocenters. The molecule has 1 N–H and O–H groups in total. The van der Waals surface area contributed by atoms with Gasteiger partial charge >= 0.3 is 18.2 Å². The number of aliphatic hydroxyl groups is 1. The van der Waals surface area contributed by atoms with Gasteiger partial charge in [0.05, 0.1) is 6.10 Å². The number of hydrogen-bond acceptors (Lipinski definition) is 5. The highest BCUT2D eigenvalue weighted by atomic mass is 32.2. The molecule has 266 valence electrons. The SMILES string of the molecule is CC1CN(C)CC(C)N1C(=O)OC1CCC2C(C1)C[C@@H](CCCS(=O)CCCC(F)(F)C(F)(F)F)[C@@H]1[C@@H]2CC[C@]2(C)[C@@H](O)CC[C@@H]12. The normalized spacial score (nSPS) is 41.0. The third kappa shape index (κ3) is 7.43. The number of aliphatic hydroxyl groups excluding tert-OH is 1. The monoisotopic (exact) mass is 682 g/mol. The van der Waals surface area contributed by atoms with Gasteiger partial charge in [0.1, 0.15) is 6.10 Å². The molecule has 0 aromatic rings. The summed E-state index contributed by atoms with van der Waals surface area (Å²) in [5.74, 6) is -1.84. The zero-order valence-corrected chi connectivity index (χ0v) is 28.8. The van der Waals surface area contributed by atoms with E-state index in [1.807, 2.05) is 4.90 Å². The van der Waals surface area contributed by atoms with Crippen molar-refractivity contribution in [2.24, 2.45) is 40.9 Å². The van der Waals surface area contributed by atoms with Gasteiger partial charge in [0.25, 0.3) is 0 Å². The van der Waals surface area contributed by atoms with Crippen LogP contribution < -0.4 is 0 Å². The van der Waals surface area contributed by atoms with Crippen LogP contribution in [0.15, 0.2) is 0 Å². The molecule has 1 aliphatic heterocycles. The van der Waals surface area contributed by atoms with Gasteiger partial charge in [-0.3, -0.25) is 4.21 Å². The fraction of sp³-hybridized carbons (Fsp3) is 0.971. The maximum Gasteiger partial charge on any atom is 0.453 e. The lowest BCUT2D eigenvalue weighted by atomic mass is 9.47. The summed E-state index contributed by atoms with van der Waals surface area (Å²) < 4.78 is 83.0. The zero-order valence-electron chi connectivity index (χ0n) is 28.0. The van der Waals surface area contributed by atoms with Gasteiger partial charge in [0.2, 0.25) is 0 Å². The summed E-state index contributed by atoms with van der Waals surface area (Å²) in [4.78, 5) is 17.5. The average Bonchev–Trinajstić information content (AvgIpc) is 3.25. The minimum atomic E-state index is -5.58. The van der Waals surface area contributed by atoms with Crippen LogP contribution >= 0.6 is 0 Å². The lowest BCUT2D eigenvalue weighted by Gasteiger charge is -2.58. The van der Waals surface area contributed by atoms with Crippen molar-refractivity contribution in [1.29, 1.82) is 0 Å². The van der Waals surface area contributed by atoms with Gasteiger partial charge in [0.15, 0.2) is 0 Å². The summed E-state index contributed by atoms with van der Waals surface area (Å²) in [6.45, 7) is 8.02. The van der Waals surface area contributed by atoms with Crippen LogP contribution in [0.2, 0.25) is 0 Å². The molecule has 0 aromatic heterocycles. The number of likely N-dealkylation sites (N-methyl/N-ethyl adjacent to an activating group) is 1. The van der Waals surface area contributed by atoms with Gasteiger partial charge in [-0.2, -0.15) is 22.0 Å². The quantitative estimate of drug-likeness (QED) is 0.260. The van der Waals surface area contributed by atoms with E-state index in [1.165, 1.54) is 0 Å². The number of rotatable bonds is 9. The Morgan fingerprint density at radius 2 is 1.63 bits per heavy atom. The van der Waals surface area contributed by atoms with Crippen molar-refractivity contribution in [3.8, 4) is 0 Å². The van der Waals surface area contributed by atoms with Gasteiger partial charge in [0, 0.05) is 53.9 Å². The number of piperazine rings is 1. The number of amides is 1. The largest absolute Gasteiger partial charge is 0.453 e. The predicted molar refractivity (Wildman–Crippen MR) is 168 cm³/mol. The summed E-state index contributed by atoms with van der Waals surface area (Å²) in [6.07, 6.45) is 1.15. The summed E-state index contributed by atoms with van der Waals surface area (Å²) in [5, 5.41) is 11.0. The molecule has 4 aliphatic carbocycles. The highest BCUT2D eigenvalue weighted by molar-refractivity contribution is 7.84. The Balaban J connectivity index is 1.21. The van der Waals surface area contributed by atoms with E-state index < -0.39 is 35.7 Å². The van der Waals surface area contributed by atoms with Gasteiger partial charge < -0.3 is 19.6 Å². The molecule has 12 heteroatoms. The van der Waals surface area contributed by atoms with Crippen molar-refractivity contribution in [2.45, 2.75) is 134 Å². The number of ether oxygens (including phenoxy) is 1. The molecule has 4 saturated carbocycles. The number of alkyl halides is 5. The van der Waals surface area contributed by atoms with Crippen LogP contribution in [0.5, 0.6) is 0 Å². The van der Waals surface area contributed by atoms with Crippen molar-refractivity contribution in [3.63, 3.8) is 0 Å². The standard InChI is InChI=1S/C34H55F5N2O4S/c1-21-19-40(4)20-22(2)41(21)31(43)45-25-8-9-26-24(18-25)17-23(30-27(26)12-14-32(3)28(30)10-11-29(32)42)7-5-15-46(44)16-6-13-33(35,36)34(37,38)39/h21-30,42H,5-20H2,1-4H3/t21?,22?,23-,24?,25?,26?,27-,28+,29+,30-,32+,46?/m1/s1. The van der Waals surface area contributed by atoms with E-state index in [9.17, 15) is 36.1 Å². The molecule has 6 nitrogen and oxygen atoms in total. The molecule has 0 bridgehead atoms. The third-order valence-electron chi connectivity index (χ3n) is 12.8. The van der Waals surface area contributed by atoms with Crippen molar-refractivity contribution in [1.82, 2.24) is 9.80 Å². The molecule has 46 heavy (non-hydrogen) atoms. The molecule has 12 atom stereocenters. The smallest absolute Gasteiger partial charge is 0.446 e. The van der Waals surface area contributed by atoms with E-state index >= 15 is 0 Å². The Kier molecular flexibility index (Phi) is 11.1. The Morgan fingerprint density at radius 3 is 2.30 bits per heavy atom. The fourth-order valence-corrected chi connectivity index (χ4v) is 11.9. The van der Waals surface area contributed by atoms with Crippen molar-refractivity contribution < 1.29 is 40.8 Å². The van der Waals surface area contributed by atoms with Gasteiger partial charge in [-0.15, -0.1) is 0 Å². The van der Waals surface area contributed by atoms with Crippen LogP contribution in [0.3, 0.4) is 0 Å². The third-order valence-corrected chi connectivity index (χ3v) is 14.3. The van der Waals surface area contributed by atoms with Crippen LogP contribution in [-0.2, 0) is 15.5 Å². The average molecular weight is 683 g/mol. The highest BCUT2D eigenvalue weighted by Crippen LogP contribution is 2.64. The second kappa shape index (κ2) is 14.1. The van der Waals surface area contributed by atoms with E-state index in [0.717, 1.165) is 70.9 Å². The minimum absolute atomic E-state index is 0.0856. The number of carbonyl (C=O) groups excluding carboxylic acids is 1. The Morgan fingerprint density at radius 1 is 0.957 bits per heavy atom. The zero-order chi connectivity index (χ0) is 33.6. The van der Waals surface area contributed by atoms with Gasteiger partial charge in [-0.05, 0) is 132 Å².